The van der Waals surface area contributed by atoms with Gasteiger partial charge in [-0.25, -0.2) is 0 Å². The molecule has 6 heteroatoms. The molecule has 0 bridgehead atoms. The maximum Gasteiger partial charge on any atom is 0.191 e. The van der Waals surface area contributed by atoms with Crippen LogP contribution in [0.25, 0.3) is 0 Å². The van der Waals surface area contributed by atoms with Gasteiger partial charge in [0.05, 0.1) is 25.9 Å². The molecule has 0 spiro atoms. The van der Waals surface area contributed by atoms with Crippen LogP contribution in [-0.4, -0.2) is 75.0 Å². The van der Waals surface area contributed by atoms with E-state index in [0.717, 1.165) is 58.4 Å². The minimum atomic E-state index is 0.170. The van der Waals surface area contributed by atoms with E-state index in [1.165, 1.54) is 6.42 Å². The summed E-state index contributed by atoms with van der Waals surface area (Å²) in [5.74, 6) is 1.45. The SMILES string of the molecule is CCNC(=NCC(C)N1CCOCC1C)NCC1CCCOC1C(C)(C)C. The summed E-state index contributed by atoms with van der Waals surface area (Å²) in [7, 11) is 0. The summed E-state index contributed by atoms with van der Waals surface area (Å²) >= 11 is 0. The van der Waals surface area contributed by atoms with Crippen LogP contribution in [0.4, 0.5) is 0 Å². The Bertz CT molecular complexity index is 464. The number of nitrogens with zero attached hydrogens (tertiary/aromatic N) is 2. The third-order valence-electron chi connectivity index (χ3n) is 5.67. The van der Waals surface area contributed by atoms with Crippen LogP contribution in [0.2, 0.25) is 0 Å². The molecule has 2 rings (SSSR count). The Morgan fingerprint density at radius 2 is 2.04 bits per heavy atom. The van der Waals surface area contributed by atoms with Gasteiger partial charge in [-0.2, -0.15) is 0 Å². The number of nitrogens with one attached hydrogen (secondary N) is 2. The largest absolute Gasteiger partial charge is 0.379 e. The van der Waals surface area contributed by atoms with Crippen molar-refractivity contribution in [2.45, 2.75) is 72.6 Å². The van der Waals surface area contributed by atoms with Crippen LogP contribution in [-0.2, 0) is 9.47 Å². The van der Waals surface area contributed by atoms with Crippen molar-refractivity contribution in [1.29, 1.82) is 0 Å². The molecule has 158 valence electrons. The summed E-state index contributed by atoms with van der Waals surface area (Å²) in [6, 6.07) is 0.881. The normalized spacial score (nSPS) is 29.4. The van der Waals surface area contributed by atoms with E-state index >= 15 is 0 Å². The van der Waals surface area contributed by atoms with Crippen LogP contribution in [0.5, 0.6) is 0 Å². The average Bonchev–Trinajstić information content (AvgIpc) is 2.63. The van der Waals surface area contributed by atoms with Crippen LogP contribution in [0.3, 0.4) is 0 Å². The van der Waals surface area contributed by atoms with Gasteiger partial charge in [0.2, 0.25) is 0 Å². The third-order valence-corrected chi connectivity index (χ3v) is 5.67. The van der Waals surface area contributed by atoms with E-state index in [4.69, 9.17) is 14.5 Å². The van der Waals surface area contributed by atoms with Crippen molar-refractivity contribution >= 4 is 5.96 Å². The zero-order chi connectivity index (χ0) is 19.9. The third kappa shape index (κ3) is 6.91. The van der Waals surface area contributed by atoms with Gasteiger partial charge in [-0.15, -0.1) is 0 Å². The van der Waals surface area contributed by atoms with Gasteiger partial charge in [0, 0.05) is 44.2 Å². The Kier molecular flexibility index (Phi) is 8.83. The molecule has 4 unspecified atom stereocenters. The second-order valence-electron chi connectivity index (χ2n) is 9.17. The Morgan fingerprint density at radius 1 is 1.26 bits per heavy atom. The first kappa shape index (κ1) is 22.4. The van der Waals surface area contributed by atoms with Crippen LogP contribution in [0, 0.1) is 11.3 Å². The highest BCUT2D eigenvalue weighted by Gasteiger charge is 2.35. The lowest BCUT2D eigenvalue weighted by molar-refractivity contribution is -0.0835. The highest BCUT2D eigenvalue weighted by Crippen LogP contribution is 2.33. The maximum atomic E-state index is 6.12. The molecule has 0 amide bonds. The van der Waals surface area contributed by atoms with Gasteiger partial charge in [0.15, 0.2) is 5.96 Å². The minimum absolute atomic E-state index is 0.170. The standard InChI is InChI=1S/C21H42N4O2/c1-7-22-20(23-13-16(2)25-10-12-26-15-17(25)3)24-14-18-9-8-11-27-19(18)21(4,5)6/h16-19H,7-15H2,1-6H3,(H2,22,23,24). The fraction of sp³-hybridized carbons (Fsp3) is 0.952. The molecule has 4 atom stereocenters. The molecule has 0 saturated carbocycles. The fourth-order valence-corrected chi connectivity index (χ4v) is 4.30. The number of morpholine rings is 1. The Labute approximate surface area is 166 Å². The molecule has 0 radical (unpaired) electrons. The first-order chi connectivity index (χ1) is 12.8. The molecule has 27 heavy (non-hydrogen) atoms. The zero-order valence-corrected chi connectivity index (χ0v) is 18.4. The predicted molar refractivity (Wildman–Crippen MR) is 112 cm³/mol. The van der Waals surface area contributed by atoms with Crippen molar-refractivity contribution in [3.05, 3.63) is 0 Å². The molecule has 6 nitrogen and oxygen atoms in total. The Balaban J connectivity index is 1.90. The van der Waals surface area contributed by atoms with Gasteiger partial charge in [0.25, 0.3) is 0 Å². The summed E-state index contributed by atoms with van der Waals surface area (Å²) < 4.78 is 11.7. The molecule has 0 aromatic carbocycles. The first-order valence-electron chi connectivity index (χ1n) is 10.8. The van der Waals surface area contributed by atoms with E-state index in [0.29, 0.717) is 24.1 Å². The van der Waals surface area contributed by atoms with E-state index in [-0.39, 0.29) is 5.41 Å². The number of hydrogen-bond acceptors (Lipinski definition) is 4. The molecule has 2 saturated heterocycles. The predicted octanol–water partition coefficient (Wildman–Crippen LogP) is 2.49. The molecular formula is C21H42N4O2. The summed E-state index contributed by atoms with van der Waals surface area (Å²) in [5, 5.41) is 6.98. The number of ether oxygens (including phenoxy) is 2. The van der Waals surface area contributed by atoms with Crippen LogP contribution >= 0.6 is 0 Å². The second-order valence-corrected chi connectivity index (χ2v) is 9.17. The zero-order valence-electron chi connectivity index (χ0n) is 18.4. The van der Waals surface area contributed by atoms with E-state index in [9.17, 15) is 0 Å². The summed E-state index contributed by atoms with van der Waals surface area (Å²) in [6.45, 7) is 19.6. The molecule has 2 aliphatic rings. The van der Waals surface area contributed by atoms with E-state index in [2.05, 4.69) is 57.1 Å². The maximum absolute atomic E-state index is 6.12. The highest BCUT2D eigenvalue weighted by atomic mass is 16.5. The first-order valence-corrected chi connectivity index (χ1v) is 10.8. The number of hydrogen-bond donors (Lipinski definition) is 2. The van der Waals surface area contributed by atoms with Crippen molar-refractivity contribution in [1.82, 2.24) is 15.5 Å². The van der Waals surface area contributed by atoms with Crippen molar-refractivity contribution in [3.63, 3.8) is 0 Å². The number of aliphatic imine (C=N–C) groups is 1. The number of rotatable bonds is 6. The van der Waals surface area contributed by atoms with E-state index in [1.54, 1.807) is 0 Å². The Morgan fingerprint density at radius 3 is 2.70 bits per heavy atom. The lowest BCUT2D eigenvalue weighted by Gasteiger charge is -2.40. The van der Waals surface area contributed by atoms with E-state index in [1.807, 2.05) is 0 Å². The van der Waals surface area contributed by atoms with Gasteiger partial charge in [-0.1, -0.05) is 20.8 Å². The van der Waals surface area contributed by atoms with Gasteiger partial charge < -0.3 is 20.1 Å². The molecule has 2 N–H and O–H groups in total. The highest BCUT2D eigenvalue weighted by molar-refractivity contribution is 5.79. The topological polar surface area (TPSA) is 58.1 Å². The summed E-state index contributed by atoms with van der Waals surface area (Å²) in [6.07, 6.45) is 2.67. The second kappa shape index (κ2) is 10.6. The number of guanidine groups is 1. The smallest absolute Gasteiger partial charge is 0.191 e. The molecule has 0 aliphatic carbocycles. The quantitative estimate of drug-likeness (QED) is 0.546. The molecule has 2 aliphatic heterocycles. The Hall–Kier alpha value is -0.850. The monoisotopic (exact) mass is 382 g/mol. The van der Waals surface area contributed by atoms with Crippen LogP contribution in [0.15, 0.2) is 4.99 Å². The van der Waals surface area contributed by atoms with Gasteiger partial charge >= 0.3 is 0 Å². The van der Waals surface area contributed by atoms with E-state index < -0.39 is 0 Å². The van der Waals surface area contributed by atoms with Crippen molar-refractivity contribution in [2.75, 3.05) is 46.0 Å². The summed E-state index contributed by atoms with van der Waals surface area (Å²) in [5.41, 5.74) is 0.170. The van der Waals surface area contributed by atoms with Gasteiger partial charge in [-0.05, 0) is 39.0 Å². The average molecular weight is 383 g/mol. The minimum Gasteiger partial charge on any atom is -0.379 e. The van der Waals surface area contributed by atoms with Crippen LogP contribution < -0.4 is 10.6 Å². The lowest BCUT2D eigenvalue weighted by atomic mass is 9.78. The van der Waals surface area contributed by atoms with Crippen LogP contribution in [0.1, 0.15) is 54.4 Å². The van der Waals surface area contributed by atoms with Crippen molar-refractivity contribution < 1.29 is 9.47 Å². The molecule has 2 heterocycles. The molecular weight excluding hydrogens is 340 g/mol. The molecule has 0 aromatic heterocycles. The van der Waals surface area contributed by atoms with Gasteiger partial charge in [-0.3, -0.25) is 9.89 Å². The lowest BCUT2D eigenvalue weighted by Crippen LogP contribution is -2.50. The fourth-order valence-electron chi connectivity index (χ4n) is 4.30. The van der Waals surface area contributed by atoms with Crippen molar-refractivity contribution in [2.24, 2.45) is 16.3 Å². The van der Waals surface area contributed by atoms with Crippen molar-refractivity contribution in [3.8, 4) is 0 Å². The van der Waals surface area contributed by atoms with Gasteiger partial charge in [0.1, 0.15) is 0 Å². The summed E-state index contributed by atoms with van der Waals surface area (Å²) in [4.78, 5) is 7.37. The molecule has 2 fully saturated rings. The molecule has 0 aromatic rings.